The average molecular weight is 220 g/mol. The Kier molecular flexibility index (Phi) is 3.54. The minimum Gasteiger partial charge on any atom is -0.287 e. The molecule has 0 spiro atoms. The first-order valence-electron chi connectivity index (χ1n) is 2.51. The Morgan fingerprint density at radius 3 is 2.00 bits per heavy atom. The van der Waals surface area contributed by atoms with Gasteiger partial charge in [0, 0.05) is 11.8 Å². The zero-order chi connectivity index (χ0) is 9.23. The second kappa shape index (κ2) is 3.56. The number of rotatable bonds is 2. The lowest BCUT2D eigenvalue weighted by Gasteiger charge is -2.09. The highest BCUT2D eigenvalue weighted by molar-refractivity contribution is 6.76. The van der Waals surface area contributed by atoms with E-state index in [9.17, 15) is 14.9 Å². The van der Waals surface area contributed by atoms with Crippen molar-refractivity contribution >= 4 is 40.6 Å². The highest BCUT2D eigenvalue weighted by Gasteiger charge is 2.40. The predicted octanol–water partition coefficient (Wildman–Crippen LogP) is 1.59. The molecular formula is C4H4Cl3NO3. The fourth-order valence-electron chi connectivity index (χ4n) is 0.333. The summed E-state index contributed by atoms with van der Waals surface area (Å²) in [5, 5.41) is 10.00. The van der Waals surface area contributed by atoms with Crippen molar-refractivity contribution in [3.63, 3.8) is 0 Å². The van der Waals surface area contributed by atoms with Gasteiger partial charge in [-0.1, -0.05) is 34.8 Å². The summed E-state index contributed by atoms with van der Waals surface area (Å²) in [6.07, 6.45) is 0. The molecule has 1 atom stereocenters. The Balaban J connectivity index is 4.39. The summed E-state index contributed by atoms with van der Waals surface area (Å²) in [5.74, 6) is -1.03. The second-order valence-electron chi connectivity index (χ2n) is 1.82. The molecule has 0 rings (SSSR count). The molecule has 0 radical (unpaired) electrons. The molecule has 0 heterocycles. The quantitative estimate of drug-likeness (QED) is 0.403. The van der Waals surface area contributed by atoms with Gasteiger partial charge in [-0.2, -0.15) is 0 Å². The van der Waals surface area contributed by atoms with Crippen LogP contribution in [-0.4, -0.2) is 20.5 Å². The van der Waals surface area contributed by atoms with Crippen LogP contribution < -0.4 is 0 Å². The Hall–Kier alpha value is -0.0600. The van der Waals surface area contributed by atoms with E-state index in [0.29, 0.717) is 0 Å². The standard InChI is InChI=1S/C4H4Cl3NO3/c1-2(8(10)11)3(9)4(5,6)7/h2H,1H3/t2-/m1/s1. The van der Waals surface area contributed by atoms with Crippen molar-refractivity contribution in [2.75, 3.05) is 0 Å². The van der Waals surface area contributed by atoms with Crippen molar-refractivity contribution < 1.29 is 9.72 Å². The third kappa shape index (κ3) is 3.22. The molecule has 0 N–H and O–H groups in total. The fraction of sp³-hybridized carbons (Fsp3) is 0.750. The van der Waals surface area contributed by atoms with E-state index in [2.05, 4.69) is 0 Å². The van der Waals surface area contributed by atoms with Crippen molar-refractivity contribution in [2.45, 2.75) is 16.8 Å². The van der Waals surface area contributed by atoms with Gasteiger partial charge in [0.15, 0.2) is 0 Å². The van der Waals surface area contributed by atoms with Crippen LogP contribution >= 0.6 is 34.8 Å². The molecule has 0 aliphatic heterocycles. The molecule has 0 aromatic heterocycles. The van der Waals surface area contributed by atoms with Crippen molar-refractivity contribution in [2.24, 2.45) is 0 Å². The van der Waals surface area contributed by atoms with Crippen molar-refractivity contribution in [3.8, 4) is 0 Å². The van der Waals surface area contributed by atoms with Gasteiger partial charge in [-0.3, -0.25) is 14.9 Å². The summed E-state index contributed by atoms with van der Waals surface area (Å²) in [6.45, 7) is 1.06. The summed E-state index contributed by atoms with van der Waals surface area (Å²) in [7, 11) is 0. The topological polar surface area (TPSA) is 60.2 Å². The van der Waals surface area contributed by atoms with Gasteiger partial charge in [-0.15, -0.1) is 0 Å². The molecule has 0 aliphatic rings. The lowest BCUT2D eigenvalue weighted by atomic mass is 10.2. The fourth-order valence-corrected chi connectivity index (χ4v) is 0.806. The molecule has 4 nitrogen and oxygen atoms in total. The van der Waals surface area contributed by atoms with E-state index in [1.807, 2.05) is 0 Å². The minimum absolute atomic E-state index is 0.815. The van der Waals surface area contributed by atoms with E-state index in [4.69, 9.17) is 34.8 Å². The van der Waals surface area contributed by atoms with Crippen LogP contribution in [0, 0.1) is 10.1 Å². The average Bonchev–Trinajstić information content (AvgIpc) is 1.82. The molecule has 0 aliphatic carbocycles. The number of hydrogen-bond donors (Lipinski definition) is 0. The van der Waals surface area contributed by atoms with Gasteiger partial charge in [-0.05, 0) is 0 Å². The van der Waals surface area contributed by atoms with Crippen molar-refractivity contribution in [3.05, 3.63) is 10.1 Å². The highest BCUT2D eigenvalue weighted by atomic mass is 35.6. The zero-order valence-corrected chi connectivity index (χ0v) is 7.65. The van der Waals surface area contributed by atoms with E-state index in [-0.39, 0.29) is 0 Å². The zero-order valence-electron chi connectivity index (χ0n) is 5.38. The number of halogens is 3. The van der Waals surface area contributed by atoms with Crippen LogP contribution in [-0.2, 0) is 4.79 Å². The number of carbonyl (C=O) groups excluding carboxylic acids is 1. The van der Waals surface area contributed by atoms with Gasteiger partial charge < -0.3 is 0 Å². The highest BCUT2D eigenvalue weighted by Crippen LogP contribution is 2.28. The third-order valence-electron chi connectivity index (χ3n) is 0.975. The lowest BCUT2D eigenvalue weighted by molar-refractivity contribution is -0.503. The summed E-state index contributed by atoms with van der Waals surface area (Å²) in [5.41, 5.74) is 0. The third-order valence-corrected chi connectivity index (χ3v) is 1.53. The van der Waals surface area contributed by atoms with Gasteiger partial charge in [0.25, 0.3) is 15.6 Å². The van der Waals surface area contributed by atoms with Gasteiger partial charge in [-0.25, -0.2) is 0 Å². The molecule has 0 fully saturated rings. The van der Waals surface area contributed by atoms with Crippen molar-refractivity contribution in [1.29, 1.82) is 0 Å². The minimum atomic E-state index is -2.20. The van der Waals surface area contributed by atoms with E-state index in [0.717, 1.165) is 6.92 Å². The number of hydrogen-bond acceptors (Lipinski definition) is 3. The number of ketones is 1. The SMILES string of the molecule is C[C@H](C(=O)C(Cl)(Cl)Cl)[N+](=O)[O-]. The summed E-state index contributed by atoms with van der Waals surface area (Å²) in [6, 6.07) is -1.48. The Morgan fingerprint density at radius 1 is 1.55 bits per heavy atom. The number of nitro groups is 1. The van der Waals surface area contributed by atoms with Crippen LogP contribution in [0.4, 0.5) is 0 Å². The first-order valence-corrected chi connectivity index (χ1v) is 3.64. The van der Waals surface area contributed by atoms with Gasteiger partial charge in [0.2, 0.25) is 0 Å². The van der Waals surface area contributed by atoms with Crippen molar-refractivity contribution in [1.82, 2.24) is 0 Å². The maximum atomic E-state index is 10.8. The monoisotopic (exact) mass is 219 g/mol. The number of Topliss-reactive ketones (excluding diaryl/α,β-unsaturated/α-hetero) is 1. The van der Waals surface area contributed by atoms with E-state index in [1.165, 1.54) is 0 Å². The van der Waals surface area contributed by atoms with Gasteiger partial charge in [0.05, 0.1) is 0 Å². The number of nitrogens with zero attached hydrogens (tertiary/aromatic N) is 1. The largest absolute Gasteiger partial charge is 0.287 e. The van der Waals surface area contributed by atoms with Crippen LogP contribution in [0.5, 0.6) is 0 Å². The lowest BCUT2D eigenvalue weighted by Crippen LogP contribution is -2.35. The van der Waals surface area contributed by atoms with E-state index >= 15 is 0 Å². The molecule has 0 bridgehead atoms. The van der Waals surface area contributed by atoms with E-state index in [1.54, 1.807) is 0 Å². The van der Waals surface area contributed by atoms with Crippen LogP contribution in [0.15, 0.2) is 0 Å². The molecule has 0 amide bonds. The Labute approximate surface area is 77.6 Å². The molecule has 0 saturated heterocycles. The number of alkyl halides is 3. The predicted molar refractivity (Wildman–Crippen MR) is 41.8 cm³/mol. The molecule has 0 aromatic carbocycles. The smallest absolute Gasteiger partial charge is 0.272 e. The molecule has 0 unspecified atom stereocenters. The molecule has 11 heavy (non-hydrogen) atoms. The van der Waals surface area contributed by atoms with Crippen LogP contribution in [0.2, 0.25) is 0 Å². The maximum absolute atomic E-state index is 10.8. The van der Waals surface area contributed by atoms with Crippen LogP contribution in [0.3, 0.4) is 0 Å². The summed E-state index contributed by atoms with van der Waals surface area (Å²) >= 11 is 15.3. The van der Waals surface area contributed by atoms with Crippen LogP contribution in [0.1, 0.15) is 6.92 Å². The molecule has 7 heteroatoms. The molecular weight excluding hydrogens is 216 g/mol. The number of carbonyl (C=O) groups is 1. The van der Waals surface area contributed by atoms with Crippen LogP contribution in [0.25, 0.3) is 0 Å². The van der Waals surface area contributed by atoms with Gasteiger partial charge in [0.1, 0.15) is 0 Å². The molecule has 0 saturated carbocycles. The molecule has 0 aromatic rings. The van der Waals surface area contributed by atoms with E-state index < -0.39 is 20.5 Å². The normalized spacial score (nSPS) is 14.2. The second-order valence-corrected chi connectivity index (χ2v) is 4.10. The van der Waals surface area contributed by atoms with Gasteiger partial charge >= 0.3 is 0 Å². The first kappa shape index (κ1) is 10.9. The summed E-state index contributed by atoms with van der Waals surface area (Å²) in [4.78, 5) is 19.9. The molecule has 64 valence electrons. The summed E-state index contributed by atoms with van der Waals surface area (Å²) < 4.78 is -2.20. The maximum Gasteiger partial charge on any atom is 0.272 e. The Morgan fingerprint density at radius 2 is 1.91 bits per heavy atom. The first-order chi connectivity index (χ1) is 4.76. The Bertz CT molecular complexity index is 188.